The molecule has 1 unspecified atom stereocenters. The molecule has 0 saturated heterocycles. The van der Waals surface area contributed by atoms with Gasteiger partial charge in [-0.3, -0.25) is 4.79 Å². The number of amides is 1. The second kappa shape index (κ2) is 6.21. The molecule has 0 fully saturated rings. The molecule has 0 heterocycles. The highest BCUT2D eigenvalue weighted by atomic mass is 35.5. The number of rotatable bonds is 6. The van der Waals surface area contributed by atoms with Gasteiger partial charge < -0.3 is 5.32 Å². The zero-order valence-corrected chi connectivity index (χ0v) is 9.78. The van der Waals surface area contributed by atoms with Gasteiger partial charge in [-0.05, 0) is 13.3 Å². The summed E-state index contributed by atoms with van der Waals surface area (Å²) in [5.74, 6) is -0.244. The molecule has 0 bridgehead atoms. The number of halogens is 1. The molecule has 1 atom stereocenters. The standard InChI is InChI=1S/C7H15ClN2O3S/c1-6(8)7(11)9-4-3-5-10-14(2,12)13/h6,10H,3-5H2,1-2H3,(H,9,11). The third kappa shape index (κ3) is 8.28. The lowest BCUT2D eigenvalue weighted by Gasteiger charge is -2.06. The van der Waals surface area contributed by atoms with Gasteiger partial charge in [0, 0.05) is 13.1 Å². The Bertz CT molecular complexity index is 277. The van der Waals surface area contributed by atoms with Gasteiger partial charge in [-0.25, -0.2) is 13.1 Å². The Kier molecular flexibility index (Phi) is 6.06. The number of sulfonamides is 1. The highest BCUT2D eigenvalue weighted by Gasteiger charge is 2.07. The van der Waals surface area contributed by atoms with Gasteiger partial charge in [0.05, 0.1) is 6.26 Å². The van der Waals surface area contributed by atoms with Gasteiger partial charge >= 0.3 is 0 Å². The van der Waals surface area contributed by atoms with Crippen LogP contribution in [0.4, 0.5) is 0 Å². The summed E-state index contributed by atoms with van der Waals surface area (Å²) in [6.45, 7) is 2.31. The van der Waals surface area contributed by atoms with Crippen LogP contribution in [0.15, 0.2) is 0 Å². The van der Waals surface area contributed by atoms with Crippen LogP contribution >= 0.6 is 11.6 Å². The second-order valence-corrected chi connectivity index (χ2v) is 5.41. The van der Waals surface area contributed by atoms with Crippen LogP contribution in [-0.2, 0) is 14.8 Å². The summed E-state index contributed by atoms with van der Waals surface area (Å²) in [6, 6.07) is 0. The fourth-order valence-electron chi connectivity index (χ4n) is 0.698. The maximum Gasteiger partial charge on any atom is 0.237 e. The van der Waals surface area contributed by atoms with E-state index in [-0.39, 0.29) is 5.91 Å². The van der Waals surface area contributed by atoms with Crippen LogP contribution in [0.5, 0.6) is 0 Å². The minimum Gasteiger partial charge on any atom is -0.355 e. The van der Waals surface area contributed by atoms with E-state index in [0.29, 0.717) is 19.5 Å². The summed E-state index contributed by atoms with van der Waals surface area (Å²) >= 11 is 5.49. The van der Waals surface area contributed by atoms with E-state index in [2.05, 4.69) is 10.0 Å². The van der Waals surface area contributed by atoms with E-state index in [0.717, 1.165) is 6.26 Å². The third-order valence-electron chi connectivity index (χ3n) is 1.38. The number of hydrogen-bond acceptors (Lipinski definition) is 3. The van der Waals surface area contributed by atoms with Crippen LogP contribution in [0.3, 0.4) is 0 Å². The lowest BCUT2D eigenvalue weighted by atomic mass is 10.4. The van der Waals surface area contributed by atoms with Gasteiger partial charge in [-0.15, -0.1) is 11.6 Å². The molecule has 5 nitrogen and oxygen atoms in total. The Morgan fingerprint density at radius 2 is 2.00 bits per heavy atom. The van der Waals surface area contributed by atoms with Crippen LogP contribution in [0.1, 0.15) is 13.3 Å². The Morgan fingerprint density at radius 1 is 1.43 bits per heavy atom. The molecule has 0 aliphatic carbocycles. The molecule has 2 N–H and O–H groups in total. The smallest absolute Gasteiger partial charge is 0.237 e. The van der Waals surface area contributed by atoms with Crippen molar-refractivity contribution >= 4 is 27.5 Å². The summed E-state index contributed by atoms with van der Waals surface area (Å²) in [7, 11) is -3.13. The predicted octanol–water partition coefficient (Wildman–Crippen LogP) is -0.331. The summed E-state index contributed by atoms with van der Waals surface area (Å²) in [5.41, 5.74) is 0. The van der Waals surface area contributed by atoms with Gasteiger partial charge in [0.15, 0.2) is 0 Å². The summed E-state index contributed by atoms with van der Waals surface area (Å²) in [5, 5.41) is 2.01. The van der Waals surface area contributed by atoms with E-state index in [4.69, 9.17) is 11.6 Å². The molecule has 0 aromatic rings. The van der Waals surface area contributed by atoms with Crippen molar-refractivity contribution in [3.63, 3.8) is 0 Å². The van der Waals surface area contributed by atoms with E-state index < -0.39 is 15.4 Å². The summed E-state index contributed by atoms with van der Waals surface area (Å²) in [6.07, 6.45) is 1.63. The third-order valence-corrected chi connectivity index (χ3v) is 2.31. The molecule has 0 aliphatic rings. The largest absolute Gasteiger partial charge is 0.355 e. The number of nitrogens with one attached hydrogen (secondary N) is 2. The molecule has 84 valence electrons. The monoisotopic (exact) mass is 242 g/mol. The first-order chi connectivity index (χ1) is 6.33. The van der Waals surface area contributed by atoms with E-state index in [1.54, 1.807) is 6.92 Å². The van der Waals surface area contributed by atoms with Crippen molar-refractivity contribution in [2.24, 2.45) is 0 Å². The van der Waals surface area contributed by atoms with Crippen LogP contribution in [0, 0.1) is 0 Å². The van der Waals surface area contributed by atoms with E-state index >= 15 is 0 Å². The number of carbonyl (C=O) groups is 1. The molecule has 7 heteroatoms. The van der Waals surface area contributed by atoms with Gasteiger partial charge in [-0.2, -0.15) is 0 Å². The van der Waals surface area contributed by atoms with E-state index in [1.165, 1.54) is 0 Å². The van der Waals surface area contributed by atoms with Crippen molar-refractivity contribution in [2.75, 3.05) is 19.3 Å². The van der Waals surface area contributed by atoms with Crippen molar-refractivity contribution in [2.45, 2.75) is 18.7 Å². The first kappa shape index (κ1) is 13.7. The minimum atomic E-state index is -3.13. The van der Waals surface area contributed by atoms with Crippen LogP contribution in [0.25, 0.3) is 0 Å². The molecule has 0 radical (unpaired) electrons. The number of carbonyl (C=O) groups excluding carboxylic acids is 1. The molecular formula is C7H15ClN2O3S. The summed E-state index contributed by atoms with van der Waals surface area (Å²) in [4.78, 5) is 10.9. The molecule has 0 rings (SSSR count). The molecule has 14 heavy (non-hydrogen) atoms. The molecular weight excluding hydrogens is 228 g/mol. The fraction of sp³-hybridized carbons (Fsp3) is 0.857. The maximum atomic E-state index is 10.9. The first-order valence-electron chi connectivity index (χ1n) is 4.19. The quantitative estimate of drug-likeness (QED) is 0.495. The van der Waals surface area contributed by atoms with Gasteiger partial charge in [0.25, 0.3) is 0 Å². The number of hydrogen-bond donors (Lipinski definition) is 2. The number of alkyl halides is 1. The summed E-state index contributed by atoms with van der Waals surface area (Å²) < 4.78 is 23.5. The Balaban J connectivity index is 3.44. The van der Waals surface area contributed by atoms with Crippen LogP contribution in [0.2, 0.25) is 0 Å². The first-order valence-corrected chi connectivity index (χ1v) is 6.52. The fourth-order valence-corrected chi connectivity index (χ4v) is 1.29. The molecule has 0 saturated carbocycles. The van der Waals surface area contributed by atoms with E-state index in [9.17, 15) is 13.2 Å². The van der Waals surface area contributed by atoms with Crippen molar-refractivity contribution in [3.05, 3.63) is 0 Å². The van der Waals surface area contributed by atoms with Crippen molar-refractivity contribution < 1.29 is 13.2 Å². The SMILES string of the molecule is CC(Cl)C(=O)NCCCNS(C)(=O)=O. The Hall–Kier alpha value is -0.330. The molecule has 0 spiro atoms. The molecule has 0 aromatic carbocycles. The Morgan fingerprint density at radius 3 is 2.43 bits per heavy atom. The molecule has 0 aliphatic heterocycles. The van der Waals surface area contributed by atoms with Crippen molar-refractivity contribution in [3.8, 4) is 0 Å². The van der Waals surface area contributed by atoms with Crippen LogP contribution in [-0.4, -0.2) is 39.0 Å². The molecule has 1 amide bonds. The average molecular weight is 243 g/mol. The average Bonchev–Trinajstić information content (AvgIpc) is 2.01. The lowest BCUT2D eigenvalue weighted by Crippen LogP contribution is -2.32. The molecule has 0 aromatic heterocycles. The predicted molar refractivity (Wildman–Crippen MR) is 55.8 cm³/mol. The Labute approximate surface area is 89.3 Å². The zero-order chi connectivity index (χ0) is 11.2. The maximum absolute atomic E-state index is 10.9. The van der Waals surface area contributed by atoms with E-state index in [1.807, 2.05) is 0 Å². The van der Waals surface area contributed by atoms with Gasteiger partial charge in [0.1, 0.15) is 5.38 Å². The highest BCUT2D eigenvalue weighted by molar-refractivity contribution is 7.88. The topological polar surface area (TPSA) is 75.3 Å². The van der Waals surface area contributed by atoms with Crippen molar-refractivity contribution in [1.82, 2.24) is 10.0 Å². The van der Waals surface area contributed by atoms with Gasteiger partial charge in [-0.1, -0.05) is 0 Å². The minimum absolute atomic E-state index is 0.244. The van der Waals surface area contributed by atoms with Crippen molar-refractivity contribution in [1.29, 1.82) is 0 Å². The van der Waals surface area contributed by atoms with Gasteiger partial charge in [0.2, 0.25) is 15.9 Å². The van der Waals surface area contributed by atoms with Crippen LogP contribution < -0.4 is 10.0 Å². The normalized spacial score (nSPS) is 13.6. The lowest BCUT2D eigenvalue weighted by molar-refractivity contribution is -0.120. The zero-order valence-electron chi connectivity index (χ0n) is 8.21. The highest BCUT2D eigenvalue weighted by Crippen LogP contribution is 1.91. The second-order valence-electron chi connectivity index (χ2n) is 2.93.